The summed E-state index contributed by atoms with van der Waals surface area (Å²) in [7, 11) is -4.51. The van der Waals surface area contributed by atoms with Crippen LogP contribution in [0.3, 0.4) is 0 Å². The van der Waals surface area contributed by atoms with E-state index in [1.54, 1.807) is 37.3 Å². The molecule has 0 aliphatic carbocycles. The molecular weight excluding hydrogens is 264 g/mol. The fourth-order valence-corrected chi connectivity index (χ4v) is 3.11. The van der Waals surface area contributed by atoms with E-state index >= 15 is 0 Å². The molecule has 2 aromatic carbocycles. The first kappa shape index (κ1) is 13.5. The molecule has 0 saturated heterocycles. The predicted octanol–water partition coefficient (Wildman–Crippen LogP) is 2.76. The van der Waals surface area contributed by atoms with E-state index in [4.69, 9.17) is 0 Å². The Kier molecular flexibility index (Phi) is 3.26. The van der Waals surface area contributed by atoms with E-state index < -0.39 is 15.9 Å². The summed E-state index contributed by atoms with van der Waals surface area (Å²) in [5.41, 5.74) is 0.451. The molecule has 0 unspecified atom stereocenters. The van der Waals surface area contributed by atoms with E-state index in [1.165, 1.54) is 0 Å². The Morgan fingerprint density at radius 1 is 1.32 bits per heavy atom. The third kappa shape index (κ3) is 2.30. The van der Waals surface area contributed by atoms with Gasteiger partial charge in [-0.1, -0.05) is 36.9 Å². The van der Waals surface area contributed by atoms with Gasteiger partial charge in [-0.3, -0.25) is 9.35 Å². The van der Waals surface area contributed by atoms with Crippen molar-refractivity contribution in [3.63, 3.8) is 0 Å². The highest BCUT2D eigenvalue weighted by molar-refractivity contribution is 7.86. The van der Waals surface area contributed by atoms with E-state index in [-0.39, 0.29) is 10.5 Å². The topological polar surface area (TPSA) is 71.4 Å². The van der Waals surface area contributed by atoms with Gasteiger partial charge in [0.15, 0.2) is 5.78 Å². The molecule has 0 radical (unpaired) electrons. The summed E-state index contributed by atoms with van der Waals surface area (Å²) in [5.74, 6) is -0.532. The van der Waals surface area contributed by atoms with E-state index in [0.717, 1.165) is 6.08 Å². The number of fused-ring (bicyclic) bond motifs is 1. The van der Waals surface area contributed by atoms with Crippen molar-refractivity contribution >= 4 is 26.7 Å². The van der Waals surface area contributed by atoms with Crippen molar-refractivity contribution < 1.29 is 17.8 Å². The quantitative estimate of drug-likeness (QED) is 0.531. The molecule has 0 heterocycles. The number of allylic oxidation sites excluding steroid dienone is 1. The maximum Gasteiger partial charge on any atom is 0.295 e. The lowest BCUT2D eigenvalue weighted by Crippen LogP contribution is -2.10. The number of carbonyl (C=O) groups excluding carboxylic acids is 1. The van der Waals surface area contributed by atoms with Crippen molar-refractivity contribution in [2.24, 2.45) is 0 Å². The average molecular weight is 276 g/mol. The van der Waals surface area contributed by atoms with Crippen molar-refractivity contribution in [2.75, 3.05) is 0 Å². The summed E-state index contributed by atoms with van der Waals surface area (Å²) < 4.78 is 32.6. The summed E-state index contributed by atoms with van der Waals surface area (Å²) in [6.45, 7) is 4.98. The Hall–Kier alpha value is -1.98. The van der Waals surface area contributed by atoms with Crippen molar-refractivity contribution in [3.05, 3.63) is 54.1 Å². The third-order valence-electron chi connectivity index (χ3n) is 2.89. The summed E-state index contributed by atoms with van der Waals surface area (Å²) in [6.07, 6.45) is 1.03. The Morgan fingerprint density at radius 3 is 2.53 bits per heavy atom. The minimum Gasteiger partial charge on any atom is -0.289 e. The maximum atomic E-state index is 11.9. The summed E-state index contributed by atoms with van der Waals surface area (Å²) in [4.78, 5) is 11.5. The first-order valence-corrected chi connectivity index (χ1v) is 6.97. The predicted molar refractivity (Wildman–Crippen MR) is 73.0 cm³/mol. The number of aryl methyl sites for hydroxylation is 1. The van der Waals surface area contributed by atoms with Crippen molar-refractivity contribution in [2.45, 2.75) is 11.8 Å². The van der Waals surface area contributed by atoms with Gasteiger partial charge >= 0.3 is 0 Å². The van der Waals surface area contributed by atoms with Crippen LogP contribution in [0.1, 0.15) is 15.9 Å². The van der Waals surface area contributed by atoms with E-state index in [2.05, 4.69) is 6.58 Å². The van der Waals surface area contributed by atoms with E-state index in [1.807, 2.05) is 0 Å². The molecule has 5 heteroatoms. The Labute approximate surface area is 111 Å². The molecule has 2 aromatic rings. The SMILES string of the molecule is C=CC(=O)c1c(C)cc2ccccc2c1S(=O)(=O)O. The normalized spacial score (nSPS) is 11.5. The molecular formula is C14H12O4S. The molecule has 4 nitrogen and oxygen atoms in total. The minimum atomic E-state index is -4.51. The molecule has 0 atom stereocenters. The number of hydrogen-bond acceptors (Lipinski definition) is 3. The van der Waals surface area contributed by atoms with Crippen LogP contribution in [0.25, 0.3) is 10.8 Å². The average Bonchev–Trinajstić information content (AvgIpc) is 2.35. The van der Waals surface area contributed by atoms with Crippen LogP contribution < -0.4 is 0 Å². The van der Waals surface area contributed by atoms with Gasteiger partial charge in [-0.2, -0.15) is 8.42 Å². The highest BCUT2D eigenvalue weighted by Crippen LogP contribution is 2.30. The number of rotatable bonds is 3. The lowest BCUT2D eigenvalue weighted by molar-refractivity contribution is 0.104. The lowest BCUT2D eigenvalue weighted by Gasteiger charge is -2.11. The van der Waals surface area contributed by atoms with Crippen LogP contribution in [0.15, 0.2) is 47.9 Å². The first-order chi connectivity index (χ1) is 8.86. The molecule has 1 N–H and O–H groups in total. The molecule has 0 fully saturated rings. The zero-order valence-corrected chi connectivity index (χ0v) is 11.1. The largest absolute Gasteiger partial charge is 0.295 e. The van der Waals surface area contributed by atoms with Gasteiger partial charge in [0.25, 0.3) is 10.1 Å². The number of ketones is 1. The molecule has 0 aromatic heterocycles. The van der Waals surface area contributed by atoms with E-state index in [0.29, 0.717) is 16.3 Å². The van der Waals surface area contributed by atoms with Gasteiger partial charge in [0.05, 0.1) is 0 Å². The molecule has 0 aliphatic rings. The third-order valence-corrected chi connectivity index (χ3v) is 3.83. The fourth-order valence-electron chi connectivity index (χ4n) is 2.13. The molecule has 0 spiro atoms. The van der Waals surface area contributed by atoms with Crippen LogP contribution in [0, 0.1) is 6.92 Å². The molecule has 0 amide bonds. The number of carbonyl (C=O) groups is 1. The van der Waals surface area contributed by atoms with Crippen molar-refractivity contribution in [1.82, 2.24) is 0 Å². The van der Waals surface area contributed by atoms with Gasteiger partial charge < -0.3 is 0 Å². The Morgan fingerprint density at radius 2 is 1.95 bits per heavy atom. The lowest BCUT2D eigenvalue weighted by atomic mass is 9.99. The van der Waals surface area contributed by atoms with Crippen LogP contribution in [-0.2, 0) is 10.1 Å². The van der Waals surface area contributed by atoms with Crippen LogP contribution in [0.4, 0.5) is 0 Å². The van der Waals surface area contributed by atoms with Crippen LogP contribution in [0.5, 0.6) is 0 Å². The van der Waals surface area contributed by atoms with Crippen LogP contribution in [0.2, 0.25) is 0 Å². The molecule has 0 saturated carbocycles. The second kappa shape index (κ2) is 4.60. The van der Waals surface area contributed by atoms with Gasteiger partial charge in [0.2, 0.25) is 0 Å². The van der Waals surface area contributed by atoms with Crippen molar-refractivity contribution in [1.29, 1.82) is 0 Å². The second-order valence-electron chi connectivity index (χ2n) is 4.16. The van der Waals surface area contributed by atoms with Crippen molar-refractivity contribution in [3.8, 4) is 0 Å². The monoisotopic (exact) mass is 276 g/mol. The van der Waals surface area contributed by atoms with Crippen LogP contribution >= 0.6 is 0 Å². The summed E-state index contributed by atoms with van der Waals surface area (Å²) in [6, 6.07) is 8.39. The zero-order chi connectivity index (χ0) is 14.2. The maximum absolute atomic E-state index is 11.9. The highest BCUT2D eigenvalue weighted by atomic mass is 32.2. The van der Waals surface area contributed by atoms with Crippen LogP contribution in [-0.4, -0.2) is 18.8 Å². The number of benzene rings is 2. The molecule has 2 rings (SSSR count). The van der Waals surface area contributed by atoms with Gasteiger partial charge in [-0.15, -0.1) is 0 Å². The van der Waals surface area contributed by atoms with Gasteiger partial charge in [0, 0.05) is 10.9 Å². The standard InChI is InChI=1S/C14H12O4S/c1-3-12(15)13-9(2)8-10-6-4-5-7-11(10)14(13)19(16,17)18/h3-8H,1H2,2H3,(H,16,17,18). The molecule has 0 bridgehead atoms. The smallest absolute Gasteiger partial charge is 0.289 e. The summed E-state index contributed by atoms with van der Waals surface area (Å²) in [5, 5.41) is 0.967. The zero-order valence-electron chi connectivity index (χ0n) is 10.3. The number of hydrogen-bond donors (Lipinski definition) is 1. The summed E-state index contributed by atoms with van der Waals surface area (Å²) >= 11 is 0. The molecule has 19 heavy (non-hydrogen) atoms. The molecule has 98 valence electrons. The van der Waals surface area contributed by atoms with Gasteiger partial charge in [-0.05, 0) is 23.9 Å². The second-order valence-corrected chi connectivity index (χ2v) is 5.52. The Bertz CT molecular complexity index is 788. The minimum absolute atomic E-state index is 0.0313. The van der Waals surface area contributed by atoms with E-state index in [9.17, 15) is 17.8 Å². The Balaban J connectivity index is 3.07. The molecule has 0 aliphatic heterocycles. The fraction of sp³-hybridized carbons (Fsp3) is 0.0714. The first-order valence-electron chi connectivity index (χ1n) is 5.53. The van der Waals surface area contributed by atoms with Gasteiger partial charge in [0.1, 0.15) is 4.90 Å². The highest BCUT2D eigenvalue weighted by Gasteiger charge is 2.24. The van der Waals surface area contributed by atoms with Gasteiger partial charge in [-0.25, -0.2) is 0 Å².